The topological polar surface area (TPSA) is 29.3 Å². The zero-order valence-electron chi connectivity index (χ0n) is 12.2. The van der Waals surface area contributed by atoms with E-state index in [1.165, 1.54) is 56.7 Å². The van der Waals surface area contributed by atoms with Gasteiger partial charge in [0, 0.05) is 36.7 Å². The highest BCUT2D eigenvalue weighted by atomic mass is 32.2. The van der Waals surface area contributed by atoms with E-state index < -0.39 is 0 Å². The van der Waals surface area contributed by atoms with Crippen LogP contribution in [0.2, 0.25) is 0 Å². The summed E-state index contributed by atoms with van der Waals surface area (Å²) in [5.74, 6) is 4.37. The lowest BCUT2D eigenvalue weighted by Gasteiger charge is -2.45. The Morgan fingerprint density at radius 1 is 1.22 bits per heavy atom. The summed E-state index contributed by atoms with van der Waals surface area (Å²) >= 11 is 2.10. The van der Waals surface area contributed by atoms with Gasteiger partial charge in [0.15, 0.2) is 0 Å². The van der Waals surface area contributed by atoms with Gasteiger partial charge in [0.05, 0.1) is 0 Å². The first-order valence-electron chi connectivity index (χ1n) is 7.71. The minimum Gasteiger partial charge on any atom is -0.329 e. The number of thioether (sulfide) groups is 1. The third kappa shape index (κ3) is 3.23. The van der Waals surface area contributed by atoms with E-state index >= 15 is 0 Å². The van der Waals surface area contributed by atoms with Gasteiger partial charge in [0.25, 0.3) is 0 Å². The predicted octanol–water partition coefficient (Wildman–Crippen LogP) is 2.97. The van der Waals surface area contributed by atoms with Crippen molar-refractivity contribution in [1.82, 2.24) is 4.90 Å². The van der Waals surface area contributed by atoms with Gasteiger partial charge in [-0.2, -0.15) is 11.8 Å². The normalized spacial score (nSPS) is 35.7. The van der Waals surface area contributed by atoms with Crippen molar-refractivity contribution >= 4 is 11.8 Å². The molecule has 2 nitrogen and oxygen atoms in total. The Balaban J connectivity index is 2.02. The van der Waals surface area contributed by atoms with Gasteiger partial charge >= 0.3 is 0 Å². The molecule has 2 fully saturated rings. The third-order valence-corrected chi connectivity index (χ3v) is 6.14. The van der Waals surface area contributed by atoms with Crippen molar-refractivity contribution in [2.24, 2.45) is 17.6 Å². The van der Waals surface area contributed by atoms with Crippen molar-refractivity contribution in [3.05, 3.63) is 0 Å². The van der Waals surface area contributed by atoms with Crippen LogP contribution in [0.1, 0.15) is 46.0 Å². The molecule has 2 aliphatic rings. The van der Waals surface area contributed by atoms with E-state index in [0.29, 0.717) is 5.54 Å². The van der Waals surface area contributed by atoms with Crippen LogP contribution < -0.4 is 5.73 Å². The molecule has 2 unspecified atom stereocenters. The molecular formula is C15H30N2S. The van der Waals surface area contributed by atoms with Crippen LogP contribution in [0.3, 0.4) is 0 Å². The predicted molar refractivity (Wildman–Crippen MR) is 82.1 cm³/mol. The second kappa shape index (κ2) is 6.62. The van der Waals surface area contributed by atoms with Gasteiger partial charge in [0.1, 0.15) is 0 Å². The highest BCUT2D eigenvalue weighted by Gasteiger charge is 2.38. The second-order valence-corrected chi connectivity index (χ2v) is 7.69. The Morgan fingerprint density at radius 2 is 1.94 bits per heavy atom. The van der Waals surface area contributed by atoms with Crippen LogP contribution in [0.25, 0.3) is 0 Å². The molecule has 106 valence electrons. The van der Waals surface area contributed by atoms with Crippen LogP contribution in [0.5, 0.6) is 0 Å². The lowest BCUT2D eigenvalue weighted by atomic mass is 9.85. The highest BCUT2D eigenvalue weighted by Crippen LogP contribution is 2.37. The molecular weight excluding hydrogens is 240 g/mol. The number of nitrogens with zero attached hydrogens (tertiary/aromatic N) is 1. The van der Waals surface area contributed by atoms with E-state index in [1.54, 1.807) is 0 Å². The lowest BCUT2D eigenvalue weighted by molar-refractivity contribution is 0.0873. The fourth-order valence-electron chi connectivity index (χ4n) is 3.77. The molecule has 0 spiro atoms. The molecule has 1 aliphatic carbocycles. The van der Waals surface area contributed by atoms with Crippen LogP contribution >= 0.6 is 11.8 Å². The standard InChI is InChI=1S/C15H30N2S/c1-13(2)14-4-3-6-15(12-16,7-5-14)17-8-10-18-11-9-17/h13-14H,3-12,16H2,1-2H3. The molecule has 0 radical (unpaired) electrons. The Morgan fingerprint density at radius 3 is 2.56 bits per heavy atom. The van der Waals surface area contributed by atoms with Gasteiger partial charge in [-0.3, -0.25) is 4.90 Å². The van der Waals surface area contributed by atoms with Gasteiger partial charge in [-0.05, 0) is 31.1 Å². The smallest absolute Gasteiger partial charge is 0.0332 e. The van der Waals surface area contributed by atoms with Crippen molar-refractivity contribution in [3.8, 4) is 0 Å². The van der Waals surface area contributed by atoms with Crippen LogP contribution in [-0.2, 0) is 0 Å². The maximum Gasteiger partial charge on any atom is 0.0332 e. The third-order valence-electron chi connectivity index (χ3n) is 5.20. The SMILES string of the molecule is CC(C)C1CCCC(CN)(N2CCSCC2)CC1. The first kappa shape index (κ1) is 14.7. The zero-order chi connectivity index (χ0) is 13.0. The quantitative estimate of drug-likeness (QED) is 0.800. The van der Waals surface area contributed by atoms with Crippen molar-refractivity contribution in [1.29, 1.82) is 0 Å². The fraction of sp³-hybridized carbons (Fsp3) is 1.00. The number of rotatable bonds is 3. The number of hydrogen-bond donors (Lipinski definition) is 1. The van der Waals surface area contributed by atoms with E-state index in [4.69, 9.17) is 5.73 Å². The van der Waals surface area contributed by atoms with Crippen LogP contribution in [0.15, 0.2) is 0 Å². The summed E-state index contributed by atoms with van der Waals surface area (Å²) in [6.45, 7) is 8.15. The maximum absolute atomic E-state index is 6.21. The second-order valence-electron chi connectivity index (χ2n) is 6.46. The summed E-state index contributed by atoms with van der Waals surface area (Å²) in [6.07, 6.45) is 6.85. The molecule has 2 N–H and O–H groups in total. The molecule has 3 heteroatoms. The molecule has 0 bridgehead atoms. The lowest BCUT2D eigenvalue weighted by Crippen LogP contribution is -2.56. The Bertz CT molecular complexity index is 251. The van der Waals surface area contributed by atoms with Gasteiger partial charge in [-0.25, -0.2) is 0 Å². The summed E-state index contributed by atoms with van der Waals surface area (Å²) in [7, 11) is 0. The largest absolute Gasteiger partial charge is 0.329 e. The van der Waals surface area contributed by atoms with Gasteiger partial charge in [-0.15, -0.1) is 0 Å². The summed E-state index contributed by atoms with van der Waals surface area (Å²) in [6, 6.07) is 0. The summed E-state index contributed by atoms with van der Waals surface area (Å²) in [4.78, 5) is 2.73. The van der Waals surface area contributed by atoms with Crippen molar-refractivity contribution in [2.75, 3.05) is 31.1 Å². The van der Waals surface area contributed by atoms with E-state index in [-0.39, 0.29) is 0 Å². The minimum absolute atomic E-state index is 0.338. The Hall–Kier alpha value is 0.270. The molecule has 18 heavy (non-hydrogen) atoms. The number of hydrogen-bond acceptors (Lipinski definition) is 3. The maximum atomic E-state index is 6.21. The fourth-order valence-corrected chi connectivity index (χ4v) is 4.67. The van der Waals surface area contributed by atoms with Crippen LogP contribution in [0.4, 0.5) is 0 Å². The van der Waals surface area contributed by atoms with Gasteiger partial charge < -0.3 is 5.73 Å². The van der Waals surface area contributed by atoms with E-state index in [1.807, 2.05) is 0 Å². The van der Waals surface area contributed by atoms with Crippen LogP contribution in [-0.4, -0.2) is 41.6 Å². The molecule has 0 aromatic heterocycles. The summed E-state index contributed by atoms with van der Waals surface area (Å²) < 4.78 is 0. The highest BCUT2D eigenvalue weighted by molar-refractivity contribution is 7.99. The van der Waals surface area contributed by atoms with E-state index in [2.05, 4.69) is 30.5 Å². The van der Waals surface area contributed by atoms with E-state index in [0.717, 1.165) is 18.4 Å². The molecule has 2 atom stereocenters. The van der Waals surface area contributed by atoms with Gasteiger partial charge in [-0.1, -0.05) is 26.7 Å². The average molecular weight is 270 g/mol. The first-order valence-corrected chi connectivity index (χ1v) is 8.86. The minimum atomic E-state index is 0.338. The number of nitrogens with two attached hydrogens (primary N) is 1. The van der Waals surface area contributed by atoms with E-state index in [9.17, 15) is 0 Å². The molecule has 0 amide bonds. The monoisotopic (exact) mass is 270 g/mol. The molecule has 1 saturated carbocycles. The van der Waals surface area contributed by atoms with Crippen molar-refractivity contribution in [3.63, 3.8) is 0 Å². The Labute approximate surface area is 117 Å². The molecule has 1 heterocycles. The molecule has 0 aromatic carbocycles. The summed E-state index contributed by atoms with van der Waals surface area (Å²) in [5.41, 5.74) is 6.55. The molecule has 2 rings (SSSR count). The molecule has 1 saturated heterocycles. The first-order chi connectivity index (χ1) is 8.68. The summed E-state index contributed by atoms with van der Waals surface area (Å²) in [5, 5.41) is 0. The van der Waals surface area contributed by atoms with Crippen molar-refractivity contribution in [2.45, 2.75) is 51.5 Å². The van der Waals surface area contributed by atoms with Crippen LogP contribution in [0, 0.1) is 11.8 Å². The molecule has 1 aliphatic heterocycles. The van der Waals surface area contributed by atoms with Gasteiger partial charge in [0.2, 0.25) is 0 Å². The molecule has 0 aromatic rings. The zero-order valence-corrected chi connectivity index (χ0v) is 13.0. The van der Waals surface area contributed by atoms with Crippen molar-refractivity contribution < 1.29 is 0 Å². The average Bonchev–Trinajstić information content (AvgIpc) is 2.63. The Kier molecular flexibility index (Phi) is 5.40.